The topological polar surface area (TPSA) is 65.3 Å². The molecule has 0 amide bonds. The molecule has 3 aliphatic heterocycles. The van der Waals surface area contributed by atoms with Crippen molar-refractivity contribution in [2.75, 3.05) is 26.4 Å². The Morgan fingerprint density at radius 3 is 2.00 bits per heavy atom. The summed E-state index contributed by atoms with van der Waals surface area (Å²) in [4.78, 5) is 0. The molecule has 6 nitrogen and oxygen atoms in total. The zero-order valence-electron chi connectivity index (χ0n) is 19.3. The van der Waals surface area contributed by atoms with E-state index in [-0.39, 0.29) is 0 Å². The molecule has 0 aromatic rings. The van der Waals surface area contributed by atoms with Crippen LogP contribution in [-0.2, 0) is 28.4 Å². The van der Waals surface area contributed by atoms with Gasteiger partial charge in [0.1, 0.15) is 12.7 Å². The molecule has 0 aromatic heterocycles. The molecule has 0 aromatic carbocycles. The van der Waals surface area contributed by atoms with Crippen LogP contribution in [0, 0.1) is 23.7 Å². The molecule has 0 radical (unpaired) electrons. The molecule has 0 N–H and O–H groups in total. The third kappa shape index (κ3) is 7.00. The number of ether oxygens (including phenoxy) is 6. The van der Waals surface area contributed by atoms with Gasteiger partial charge < -0.3 is 28.4 Å². The summed E-state index contributed by atoms with van der Waals surface area (Å²) in [6, 6.07) is 0. The summed E-state index contributed by atoms with van der Waals surface area (Å²) in [5.74, 6) is 3.28. The first-order chi connectivity index (χ1) is 15.7. The average Bonchev–Trinajstić information content (AvgIpc) is 3.71. The molecule has 6 aliphatic rings. The summed E-state index contributed by atoms with van der Waals surface area (Å²) in [5.41, 5.74) is 0. The minimum atomic E-state index is 0.359. The van der Waals surface area contributed by atoms with E-state index in [9.17, 15) is 0 Å². The molecule has 180 valence electrons. The van der Waals surface area contributed by atoms with Gasteiger partial charge in [-0.3, -0.25) is 0 Å². The summed E-state index contributed by atoms with van der Waals surface area (Å²) >= 11 is 0. The van der Waals surface area contributed by atoms with E-state index in [0.29, 0.717) is 43.0 Å². The van der Waals surface area contributed by atoms with Crippen LogP contribution in [0.4, 0.5) is 0 Å². The van der Waals surface area contributed by atoms with Crippen LogP contribution in [0.25, 0.3) is 0 Å². The predicted molar refractivity (Wildman–Crippen MR) is 122 cm³/mol. The molecule has 6 rings (SSSR count). The third-order valence-corrected chi connectivity index (χ3v) is 7.55. The lowest BCUT2D eigenvalue weighted by Crippen LogP contribution is -2.27. The molecule has 9 unspecified atom stereocenters. The van der Waals surface area contributed by atoms with Crippen LogP contribution in [0.5, 0.6) is 0 Å². The molecule has 3 aliphatic carbocycles. The van der Waals surface area contributed by atoms with Crippen molar-refractivity contribution in [2.45, 2.75) is 75.5 Å². The first kappa shape index (κ1) is 23.7. The fourth-order valence-corrected chi connectivity index (χ4v) is 5.61. The van der Waals surface area contributed by atoms with Crippen molar-refractivity contribution in [3.05, 3.63) is 38.5 Å². The van der Waals surface area contributed by atoms with Crippen LogP contribution < -0.4 is 0 Å². The lowest BCUT2D eigenvalue weighted by Gasteiger charge is -2.32. The van der Waals surface area contributed by atoms with Crippen molar-refractivity contribution in [1.82, 2.24) is 0 Å². The van der Waals surface area contributed by atoms with Gasteiger partial charge in [-0.2, -0.15) is 0 Å². The maximum absolute atomic E-state index is 5.61. The van der Waals surface area contributed by atoms with Crippen molar-refractivity contribution >= 4 is 0 Å². The van der Waals surface area contributed by atoms with E-state index in [4.69, 9.17) is 28.4 Å². The summed E-state index contributed by atoms with van der Waals surface area (Å²) < 4.78 is 31.1. The molecule has 6 heteroatoms. The highest BCUT2D eigenvalue weighted by Gasteiger charge is 2.56. The highest BCUT2D eigenvalue weighted by atomic mass is 16.6. The van der Waals surface area contributed by atoms with E-state index >= 15 is 0 Å². The Labute approximate surface area is 192 Å². The Kier molecular flexibility index (Phi) is 8.55. The van der Waals surface area contributed by atoms with Gasteiger partial charge in [0.2, 0.25) is 0 Å². The van der Waals surface area contributed by atoms with Gasteiger partial charge in [-0.05, 0) is 68.6 Å². The summed E-state index contributed by atoms with van der Waals surface area (Å²) in [7, 11) is 0. The van der Waals surface area contributed by atoms with E-state index in [1.165, 1.54) is 57.5 Å². The number of hydrogen-bond acceptors (Lipinski definition) is 6. The van der Waals surface area contributed by atoms with E-state index < -0.39 is 0 Å². The van der Waals surface area contributed by atoms with Crippen LogP contribution in [0.2, 0.25) is 0 Å². The number of fused-ring (bicyclic) bond motifs is 4. The second kappa shape index (κ2) is 11.6. The Bertz CT molecular complexity index is 619. The minimum Gasteiger partial charge on any atom is -0.502 e. The second-order valence-corrected chi connectivity index (χ2v) is 9.83. The van der Waals surface area contributed by atoms with Crippen molar-refractivity contribution in [2.24, 2.45) is 23.7 Å². The molecule has 3 saturated carbocycles. The van der Waals surface area contributed by atoms with Gasteiger partial charge in [0, 0.05) is 0 Å². The predicted octanol–water partition coefficient (Wildman–Crippen LogP) is 4.61. The zero-order chi connectivity index (χ0) is 22.3. The Morgan fingerprint density at radius 1 is 0.688 bits per heavy atom. The number of hydrogen-bond donors (Lipinski definition) is 0. The van der Waals surface area contributed by atoms with Gasteiger partial charge in [-0.1, -0.05) is 19.7 Å². The first-order valence-corrected chi connectivity index (χ1v) is 12.3. The highest BCUT2D eigenvalue weighted by molar-refractivity contribution is 5.04. The monoisotopic (exact) mass is 448 g/mol. The van der Waals surface area contributed by atoms with Gasteiger partial charge in [0.15, 0.2) is 0 Å². The van der Waals surface area contributed by atoms with Crippen LogP contribution in [0.3, 0.4) is 0 Å². The largest absolute Gasteiger partial charge is 0.502 e. The molecule has 0 bridgehead atoms. The maximum atomic E-state index is 5.61. The lowest BCUT2D eigenvalue weighted by atomic mass is 9.75. The number of epoxide rings is 3. The fraction of sp³-hybridized carbons (Fsp3) is 0.769. The zero-order valence-corrected chi connectivity index (χ0v) is 19.3. The second-order valence-electron chi connectivity index (χ2n) is 9.83. The van der Waals surface area contributed by atoms with E-state index in [1.54, 1.807) is 6.26 Å². The van der Waals surface area contributed by atoms with Gasteiger partial charge >= 0.3 is 0 Å². The van der Waals surface area contributed by atoms with Gasteiger partial charge in [-0.25, -0.2) is 0 Å². The molecule has 6 fully saturated rings. The Hall–Kier alpha value is -1.50. The molecular formula is C26H40O6. The maximum Gasteiger partial charge on any atom is 0.116 e. The van der Waals surface area contributed by atoms with Gasteiger partial charge in [-0.15, -0.1) is 0 Å². The summed E-state index contributed by atoms with van der Waals surface area (Å²) in [5, 5.41) is 0. The minimum absolute atomic E-state index is 0.359. The van der Waals surface area contributed by atoms with E-state index in [0.717, 1.165) is 37.6 Å². The van der Waals surface area contributed by atoms with Crippen LogP contribution in [-0.4, -0.2) is 56.9 Å². The standard InChI is InChI=1S/C12H18O2.C9H14O2.C5H8O2/c1-2-13-7-8-3-4-9-6-11-12(14-11)10(9)5-8;1-2-10-6-7-3-4-8-9(5-7)11-8;1-2-6-3-5-4-7-5/h2,8-12H,1,3-7H2;2,7-9H,1,3-6H2;2,5H,1,3-4H2. The Balaban J connectivity index is 0.000000122. The molecule has 32 heavy (non-hydrogen) atoms. The lowest BCUT2D eigenvalue weighted by molar-refractivity contribution is 0.0861. The summed E-state index contributed by atoms with van der Waals surface area (Å²) in [6.07, 6.45) is 16.4. The first-order valence-electron chi connectivity index (χ1n) is 12.3. The number of rotatable bonds is 9. The SMILES string of the molecule is C=COCC1CCC2CC3OC3C2C1.C=COCC1CCC2OC2C1.C=COCC1CO1. The molecule has 3 heterocycles. The van der Waals surface area contributed by atoms with Gasteiger partial charge in [0.25, 0.3) is 0 Å². The molecule has 9 atom stereocenters. The van der Waals surface area contributed by atoms with Crippen LogP contribution >= 0.6 is 0 Å². The average molecular weight is 449 g/mol. The van der Waals surface area contributed by atoms with Crippen molar-refractivity contribution in [3.63, 3.8) is 0 Å². The van der Waals surface area contributed by atoms with E-state index in [1.807, 2.05) is 0 Å². The normalized spacial score (nSPS) is 41.4. The van der Waals surface area contributed by atoms with Crippen molar-refractivity contribution in [3.8, 4) is 0 Å². The molecule has 0 spiro atoms. The Morgan fingerprint density at radius 2 is 1.34 bits per heavy atom. The quantitative estimate of drug-likeness (QED) is 0.379. The summed E-state index contributed by atoms with van der Waals surface area (Å²) in [6.45, 7) is 13.7. The highest BCUT2D eigenvalue weighted by Crippen LogP contribution is 2.53. The van der Waals surface area contributed by atoms with Crippen molar-refractivity contribution < 1.29 is 28.4 Å². The van der Waals surface area contributed by atoms with E-state index in [2.05, 4.69) is 19.7 Å². The van der Waals surface area contributed by atoms with Crippen molar-refractivity contribution in [1.29, 1.82) is 0 Å². The molecular weight excluding hydrogens is 408 g/mol. The van der Waals surface area contributed by atoms with Crippen LogP contribution in [0.15, 0.2) is 38.5 Å². The van der Waals surface area contributed by atoms with Crippen LogP contribution in [0.1, 0.15) is 44.9 Å². The fourth-order valence-electron chi connectivity index (χ4n) is 5.61. The molecule has 3 saturated heterocycles. The smallest absolute Gasteiger partial charge is 0.116 e. The third-order valence-electron chi connectivity index (χ3n) is 7.55. The van der Waals surface area contributed by atoms with Gasteiger partial charge in [0.05, 0.1) is 63.0 Å².